The molecule has 0 spiro atoms. The summed E-state index contributed by atoms with van der Waals surface area (Å²) in [5, 5.41) is 30.2. The number of anilines is 1. The highest BCUT2D eigenvalue weighted by atomic mass is 16.4. The third-order valence-corrected chi connectivity index (χ3v) is 7.77. The highest BCUT2D eigenvalue weighted by Crippen LogP contribution is 2.36. The van der Waals surface area contributed by atoms with E-state index in [-0.39, 0.29) is 17.7 Å². The van der Waals surface area contributed by atoms with E-state index in [1.54, 1.807) is 18.6 Å². The monoisotopic (exact) mass is 558 g/mol. The van der Waals surface area contributed by atoms with Crippen LogP contribution >= 0.6 is 0 Å². The molecule has 3 heterocycles. The fourth-order valence-corrected chi connectivity index (χ4v) is 4.79. The molecule has 2 aromatic carbocycles. The van der Waals surface area contributed by atoms with Crippen molar-refractivity contribution < 1.29 is 14.7 Å². The van der Waals surface area contributed by atoms with E-state index in [1.165, 1.54) is 0 Å². The van der Waals surface area contributed by atoms with Crippen molar-refractivity contribution in [2.45, 2.75) is 44.9 Å². The van der Waals surface area contributed by atoms with Crippen molar-refractivity contribution in [2.75, 3.05) is 5.32 Å². The molecule has 7 rings (SSSR count). The summed E-state index contributed by atoms with van der Waals surface area (Å²) in [5.74, 6) is -0.418. The second kappa shape index (κ2) is 10.7. The summed E-state index contributed by atoms with van der Waals surface area (Å²) < 4.78 is 0. The maximum atomic E-state index is 12.2. The molecular weight excluding hydrogens is 528 g/mol. The molecule has 9 heteroatoms. The Morgan fingerprint density at radius 1 is 0.952 bits per heavy atom. The molecule has 42 heavy (non-hydrogen) atoms. The van der Waals surface area contributed by atoms with Crippen LogP contribution in [0.5, 0.6) is 0 Å². The normalized spacial score (nSPS) is 14.6. The van der Waals surface area contributed by atoms with Crippen molar-refractivity contribution in [1.29, 1.82) is 5.26 Å². The Morgan fingerprint density at radius 2 is 1.67 bits per heavy atom. The van der Waals surface area contributed by atoms with Gasteiger partial charge in [0.2, 0.25) is 5.91 Å². The lowest BCUT2D eigenvalue weighted by molar-refractivity contribution is -0.138. The molecule has 0 radical (unpaired) electrons. The average molecular weight is 559 g/mol. The molecule has 3 aromatic heterocycles. The van der Waals surface area contributed by atoms with Gasteiger partial charge in [-0.3, -0.25) is 24.7 Å². The summed E-state index contributed by atoms with van der Waals surface area (Å²) in [6.07, 6.45) is 8.99. The average Bonchev–Trinajstić information content (AvgIpc) is 3.94. The Hall–Kier alpha value is -5.10. The molecule has 2 aliphatic carbocycles. The predicted octanol–water partition coefficient (Wildman–Crippen LogP) is 6.47. The number of carbonyl (C=O) groups excluding carboxylic acids is 1. The van der Waals surface area contributed by atoms with Gasteiger partial charge in [-0.15, -0.1) is 0 Å². The summed E-state index contributed by atoms with van der Waals surface area (Å²) in [5.41, 5.74) is 6.50. The first-order valence-electron chi connectivity index (χ1n) is 14.0. The number of aliphatic carboxylic acids is 1. The van der Waals surface area contributed by atoms with Crippen LogP contribution < -0.4 is 5.32 Å². The maximum Gasteiger partial charge on any atom is 0.306 e. The molecule has 2 aliphatic rings. The van der Waals surface area contributed by atoms with E-state index in [4.69, 9.17) is 5.11 Å². The number of pyridine rings is 2. The number of H-pyrrole nitrogens is 1. The van der Waals surface area contributed by atoms with E-state index < -0.39 is 11.4 Å². The smallest absolute Gasteiger partial charge is 0.306 e. The van der Waals surface area contributed by atoms with E-state index >= 15 is 0 Å². The van der Waals surface area contributed by atoms with Crippen LogP contribution in [-0.2, 0) is 15.0 Å². The van der Waals surface area contributed by atoms with E-state index in [2.05, 4.69) is 37.6 Å². The number of hydrogen-bond acceptors (Lipinski definition) is 6. The molecule has 0 aliphatic heterocycles. The van der Waals surface area contributed by atoms with Gasteiger partial charge >= 0.3 is 5.97 Å². The zero-order valence-electron chi connectivity index (χ0n) is 23.4. The van der Waals surface area contributed by atoms with E-state index in [0.717, 1.165) is 75.4 Å². The van der Waals surface area contributed by atoms with Crippen molar-refractivity contribution in [3.63, 3.8) is 0 Å². The van der Waals surface area contributed by atoms with Crippen LogP contribution in [0.15, 0.2) is 67.1 Å². The fraction of sp³-hybridized carbons (Fsp3) is 0.273. The quantitative estimate of drug-likeness (QED) is 0.216. The number of aromatic nitrogens is 4. The number of carboxylic acid groups (broad SMARTS) is 1. The van der Waals surface area contributed by atoms with Crippen LogP contribution in [0.4, 0.5) is 5.69 Å². The highest BCUT2D eigenvalue weighted by molar-refractivity contribution is 6.11. The van der Waals surface area contributed by atoms with Crippen LogP contribution in [0.25, 0.3) is 44.2 Å². The molecule has 0 saturated heterocycles. The zero-order valence-corrected chi connectivity index (χ0v) is 23.4. The topological polar surface area (TPSA) is 145 Å². The van der Waals surface area contributed by atoms with E-state index in [9.17, 15) is 14.9 Å². The van der Waals surface area contributed by atoms with Crippen LogP contribution in [0.2, 0.25) is 0 Å². The first kappa shape index (κ1) is 27.1. The van der Waals surface area contributed by atoms with Crippen molar-refractivity contribution >= 4 is 39.4 Å². The van der Waals surface area contributed by atoms with Gasteiger partial charge in [-0.25, -0.2) is 0 Å². The molecule has 1 amide bonds. The number of nitriles is 1. The number of carboxylic acids is 1. The Kier molecular flexibility index (Phi) is 6.91. The minimum atomic E-state index is -0.630. The lowest BCUT2D eigenvalue weighted by Crippen LogP contribution is -2.13. The molecule has 9 nitrogen and oxygen atoms in total. The second-order valence-electron chi connectivity index (χ2n) is 11.5. The van der Waals surface area contributed by atoms with Crippen LogP contribution in [0.3, 0.4) is 0 Å². The maximum absolute atomic E-state index is 12.2. The number of carbonyl (C=O) groups is 2. The number of nitrogens with zero attached hydrogens (tertiary/aromatic N) is 4. The van der Waals surface area contributed by atoms with Crippen molar-refractivity contribution in [3.05, 3.63) is 72.7 Å². The van der Waals surface area contributed by atoms with Gasteiger partial charge in [-0.2, -0.15) is 10.4 Å². The Morgan fingerprint density at radius 3 is 2.31 bits per heavy atom. The van der Waals surface area contributed by atoms with Crippen LogP contribution in [0, 0.1) is 23.2 Å². The second-order valence-corrected chi connectivity index (χ2v) is 11.5. The summed E-state index contributed by atoms with van der Waals surface area (Å²) in [6, 6.07) is 18.4. The lowest BCUT2D eigenvalue weighted by Gasteiger charge is -2.15. The molecule has 0 unspecified atom stereocenters. The summed E-state index contributed by atoms with van der Waals surface area (Å²) in [7, 11) is 0. The minimum Gasteiger partial charge on any atom is -0.481 e. The Bertz CT molecular complexity index is 1860. The van der Waals surface area contributed by atoms with Crippen LogP contribution in [-0.4, -0.2) is 37.1 Å². The third kappa shape index (κ3) is 5.56. The molecule has 3 N–H and O–H groups in total. The number of fused-ring (bicyclic) bond motifs is 3. The third-order valence-electron chi connectivity index (χ3n) is 7.77. The molecule has 2 fully saturated rings. The highest BCUT2D eigenvalue weighted by Gasteiger charge is 2.30. The summed E-state index contributed by atoms with van der Waals surface area (Å²) in [4.78, 5) is 30.9. The molecule has 5 aromatic rings. The Labute approximate surface area is 242 Å². The van der Waals surface area contributed by atoms with Gasteiger partial charge in [0, 0.05) is 34.0 Å². The van der Waals surface area contributed by atoms with Gasteiger partial charge in [0.15, 0.2) is 0 Å². The van der Waals surface area contributed by atoms with Gasteiger partial charge in [0.25, 0.3) is 0 Å². The van der Waals surface area contributed by atoms with Gasteiger partial charge in [0.05, 0.1) is 46.5 Å². The number of rotatable bonds is 6. The van der Waals surface area contributed by atoms with Crippen molar-refractivity contribution in [1.82, 2.24) is 20.2 Å². The molecule has 0 atom stereocenters. The van der Waals surface area contributed by atoms with E-state index in [0.29, 0.717) is 5.69 Å². The molecular formula is C33H30N6O3. The standard InChI is InChI=1S/C29H24N6O.C4H6O2/c1-29(2,16-30)21-8-5-17(6-9-21)27-26-23-12-19(7-10-24(23)32-15-25(26)34-35-27)20-11-22(14-31-13-20)33-28(36)18-3-4-18;5-4(6)3-1-2-3/h5-15,18H,3-4H2,1-2H3,(H,33,36)(H,34,35);3H,1-2H2,(H,5,6). The number of benzene rings is 2. The number of hydrogen-bond donors (Lipinski definition) is 3. The fourth-order valence-electron chi connectivity index (χ4n) is 4.79. The predicted molar refractivity (Wildman–Crippen MR) is 160 cm³/mol. The number of aromatic amines is 1. The van der Waals surface area contributed by atoms with Crippen molar-refractivity contribution in [3.8, 4) is 28.5 Å². The zero-order chi connectivity index (χ0) is 29.4. The van der Waals surface area contributed by atoms with Gasteiger partial charge in [0.1, 0.15) is 5.69 Å². The van der Waals surface area contributed by atoms with Crippen molar-refractivity contribution in [2.24, 2.45) is 11.8 Å². The van der Waals surface area contributed by atoms with Gasteiger partial charge in [-0.1, -0.05) is 30.3 Å². The summed E-state index contributed by atoms with van der Waals surface area (Å²) >= 11 is 0. The van der Waals surface area contributed by atoms with Gasteiger partial charge < -0.3 is 10.4 Å². The largest absolute Gasteiger partial charge is 0.481 e. The lowest BCUT2D eigenvalue weighted by atomic mass is 9.86. The first-order chi connectivity index (χ1) is 20.2. The first-order valence-corrected chi connectivity index (χ1v) is 14.0. The van der Waals surface area contributed by atoms with Gasteiger partial charge in [-0.05, 0) is 68.9 Å². The molecule has 2 saturated carbocycles. The van der Waals surface area contributed by atoms with Crippen LogP contribution in [0.1, 0.15) is 45.1 Å². The summed E-state index contributed by atoms with van der Waals surface area (Å²) in [6.45, 7) is 3.82. The number of amides is 1. The van der Waals surface area contributed by atoms with E-state index in [1.807, 2.05) is 56.3 Å². The molecule has 210 valence electrons. The minimum absolute atomic E-state index is 0.0185. The SMILES string of the molecule is CC(C)(C#N)c1ccc(-c2n[nH]c3cnc4ccc(-c5cncc(NC(=O)C6CC6)c5)cc4c23)cc1.O=C(O)C1CC1. The molecule has 0 bridgehead atoms. The Balaban J connectivity index is 0.000000470. The number of nitrogens with one attached hydrogen (secondary N) is 2.